The van der Waals surface area contributed by atoms with Crippen molar-refractivity contribution in [3.8, 4) is 0 Å². The van der Waals surface area contributed by atoms with Gasteiger partial charge in [-0.15, -0.1) is 11.6 Å². The smallest absolute Gasteiger partial charge is 0.414 e. The lowest BCUT2D eigenvalue weighted by Crippen LogP contribution is -2.43. The van der Waals surface area contributed by atoms with E-state index in [2.05, 4.69) is 26.1 Å². The molecule has 8 heteroatoms. The lowest BCUT2D eigenvalue weighted by molar-refractivity contribution is -0.118. The average Bonchev–Trinajstić information content (AvgIpc) is 3.44. The number of epoxide rings is 2. The van der Waals surface area contributed by atoms with Crippen molar-refractivity contribution in [3.05, 3.63) is 0 Å². The van der Waals surface area contributed by atoms with Crippen molar-refractivity contribution in [3.63, 3.8) is 0 Å². The van der Waals surface area contributed by atoms with Crippen LogP contribution in [-0.4, -0.2) is 61.1 Å². The lowest BCUT2D eigenvalue weighted by atomic mass is 9.80. The van der Waals surface area contributed by atoms with Crippen LogP contribution in [-0.2, 0) is 23.7 Å². The molecule has 26 heavy (non-hydrogen) atoms. The van der Waals surface area contributed by atoms with E-state index in [1.54, 1.807) is 7.11 Å². The van der Waals surface area contributed by atoms with Crippen LogP contribution in [0.2, 0.25) is 0 Å². The van der Waals surface area contributed by atoms with Gasteiger partial charge in [-0.25, -0.2) is 4.79 Å². The van der Waals surface area contributed by atoms with Crippen molar-refractivity contribution in [1.29, 1.82) is 0 Å². The molecule has 1 aliphatic carbocycles. The summed E-state index contributed by atoms with van der Waals surface area (Å²) in [6.45, 7) is 7.10. The second-order valence-corrected chi connectivity index (χ2v) is 8.39. The highest BCUT2D eigenvalue weighted by molar-refractivity contribution is 6.28. The Labute approximate surface area is 159 Å². The molecule has 148 valence electrons. The number of imide groups is 1. The average molecular weight is 390 g/mol. The number of carbonyl (C=O) groups is 2. The number of alkyl halides is 1. The Kier molecular flexibility index (Phi) is 5.55. The molecule has 1 saturated carbocycles. The number of alkyl carbamates (subject to hydrolysis) is 1. The molecular formula is C18H28ClNO6. The standard InChI is InChI=1S/C18H28ClNO6/c1-10(2)5-6-12-17(3,26-12)15-14(23-4)11(7-18(15)9-24-18)25-16(22)20-13(21)8-19/h10-12,14-15H,5-9H2,1-4H3,(H,20,21,22)/t11-,12-,14-,15?,17?,18+/m1/s1. The maximum Gasteiger partial charge on any atom is 0.414 e. The zero-order valence-electron chi connectivity index (χ0n) is 15.7. The topological polar surface area (TPSA) is 89.7 Å². The number of ether oxygens (including phenoxy) is 4. The van der Waals surface area contributed by atoms with E-state index in [0.717, 1.165) is 12.8 Å². The maximum atomic E-state index is 11.9. The second kappa shape index (κ2) is 7.26. The molecule has 0 bridgehead atoms. The molecule has 0 aromatic heterocycles. The Morgan fingerprint density at radius 2 is 2.08 bits per heavy atom. The highest BCUT2D eigenvalue weighted by Crippen LogP contribution is 2.61. The molecule has 3 aliphatic rings. The SMILES string of the molecule is CO[C@H]1C(C2(C)O[C@@H]2CCC(C)C)[C@@]2(CO2)C[C@H]1OC(=O)NC(=O)CCl. The number of rotatable bonds is 7. The second-order valence-electron chi connectivity index (χ2n) is 8.12. The van der Waals surface area contributed by atoms with Crippen molar-refractivity contribution in [2.45, 2.75) is 69.5 Å². The van der Waals surface area contributed by atoms with E-state index in [-0.39, 0.29) is 35.2 Å². The van der Waals surface area contributed by atoms with Gasteiger partial charge in [-0.2, -0.15) is 0 Å². The number of carbonyl (C=O) groups excluding carboxylic acids is 2. The summed E-state index contributed by atoms with van der Waals surface area (Å²) >= 11 is 5.40. The third-order valence-electron chi connectivity index (χ3n) is 5.82. The zero-order chi connectivity index (χ0) is 19.1. The fraction of sp³-hybridized carbons (Fsp3) is 0.889. The molecule has 3 rings (SSSR count). The third-order valence-corrected chi connectivity index (χ3v) is 6.06. The van der Waals surface area contributed by atoms with Crippen LogP contribution in [0.15, 0.2) is 0 Å². The van der Waals surface area contributed by atoms with Crippen LogP contribution in [0.4, 0.5) is 4.79 Å². The lowest BCUT2D eigenvalue weighted by Gasteiger charge is -2.27. The Morgan fingerprint density at radius 1 is 1.38 bits per heavy atom. The van der Waals surface area contributed by atoms with Gasteiger partial charge in [0.25, 0.3) is 0 Å². The molecule has 2 heterocycles. The van der Waals surface area contributed by atoms with Gasteiger partial charge in [0, 0.05) is 13.5 Å². The quantitative estimate of drug-likeness (QED) is 0.530. The van der Waals surface area contributed by atoms with Crippen molar-refractivity contribution in [2.24, 2.45) is 11.8 Å². The summed E-state index contributed by atoms with van der Waals surface area (Å²) in [6.07, 6.45) is 1.14. The molecule has 7 nitrogen and oxygen atoms in total. The molecule has 0 radical (unpaired) electrons. The van der Waals surface area contributed by atoms with Gasteiger partial charge in [0.05, 0.1) is 18.6 Å². The minimum Gasteiger partial charge on any atom is -0.443 e. The Hall–Kier alpha value is -0.890. The minimum atomic E-state index is -0.808. The Balaban J connectivity index is 1.67. The number of methoxy groups -OCH3 is 1. The first kappa shape index (κ1) is 19.9. The van der Waals surface area contributed by atoms with Gasteiger partial charge >= 0.3 is 6.09 Å². The first-order valence-electron chi connectivity index (χ1n) is 9.16. The Bertz CT molecular complexity index is 566. The zero-order valence-corrected chi connectivity index (χ0v) is 16.5. The molecule has 1 spiro atoms. The normalized spacial score (nSPS) is 40.7. The van der Waals surface area contributed by atoms with Crippen molar-refractivity contribution in [2.75, 3.05) is 19.6 Å². The first-order valence-corrected chi connectivity index (χ1v) is 9.70. The number of amides is 2. The van der Waals surface area contributed by atoms with Crippen LogP contribution in [0.25, 0.3) is 0 Å². The molecule has 2 aliphatic heterocycles. The van der Waals surface area contributed by atoms with E-state index in [0.29, 0.717) is 18.9 Å². The van der Waals surface area contributed by atoms with Crippen LogP contribution in [0.3, 0.4) is 0 Å². The fourth-order valence-electron chi connectivity index (χ4n) is 4.42. The summed E-state index contributed by atoms with van der Waals surface area (Å²) in [7, 11) is 1.60. The van der Waals surface area contributed by atoms with Crippen LogP contribution >= 0.6 is 11.6 Å². The van der Waals surface area contributed by atoms with Crippen LogP contribution in [0.5, 0.6) is 0 Å². The molecule has 6 atom stereocenters. The van der Waals surface area contributed by atoms with E-state index >= 15 is 0 Å². The number of hydrogen-bond acceptors (Lipinski definition) is 6. The van der Waals surface area contributed by atoms with Crippen molar-refractivity contribution >= 4 is 23.6 Å². The molecule has 0 aromatic carbocycles. The predicted octanol–water partition coefficient (Wildman–Crippen LogP) is 2.24. The van der Waals surface area contributed by atoms with E-state index in [9.17, 15) is 9.59 Å². The number of nitrogens with one attached hydrogen (secondary N) is 1. The van der Waals surface area contributed by atoms with E-state index in [4.69, 9.17) is 30.5 Å². The molecule has 0 aromatic rings. The van der Waals surface area contributed by atoms with Gasteiger partial charge in [0.15, 0.2) is 0 Å². The fourth-order valence-corrected chi connectivity index (χ4v) is 4.49. The molecule has 3 fully saturated rings. The number of halogens is 1. The number of hydrogen-bond donors (Lipinski definition) is 1. The molecular weight excluding hydrogens is 362 g/mol. The van der Waals surface area contributed by atoms with Crippen LogP contribution in [0, 0.1) is 11.8 Å². The molecule has 1 N–H and O–H groups in total. The highest BCUT2D eigenvalue weighted by atomic mass is 35.5. The monoisotopic (exact) mass is 389 g/mol. The Morgan fingerprint density at radius 3 is 2.62 bits per heavy atom. The minimum absolute atomic E-state index is 0.0151. The summed E-state index contributed by atoms with van der Waals surface area (Å²) in [5.74, 6) is -0.287. The third kappa shape index (κ3) is 3.72. The summed E-state index contributed by atoms with van der Waals surface area (Å²) < 4.78 is 23.1. The van der Waals surface area contributed by atoms with Gasteiger partial charge in [-0.05, 0) is 25.7 Å². The van der Waals surface area contributed by atoms with Gasteiger partial charge < -0.3 is 18.9 Å². The van der Waals surface area contributed by atoms with E-state index in [1.165, 1.54) is 0 Å². The van der Waals surface area contributed by atoms with E-state index < -0.39 is 18.1 Å². The van der Waals surface area contributed by atoms with Gasteiger partial charge in [0.2, 0.25) is 5.91 Å². The van der Waals surface area contributed by atoms with Gasteiger partial charge in [-0.3, -0.25) is 10.1 Å². The van der Waals surface area contributed by atoms with Gasteiger partial charge in [0.1, 0.15) is 29.3 Å². The van der Waals surface area contributed by atoms with Crippen LogP contribution in [0.1, 0.15) is 40.0 Å². The van der Waals surface area contributed by atoms with Gasteiger partial charge in [-0.1, -0.05) is 13.8 Å². The first-order chi connectivity index (χ1) is 12.3. The predicted molar refractivity (Wildman–Crippen MR) is 94.1 cm³/mol. The summed E-state index contributed by atoms with van der Waals surface area (Å²) in [6, 6.07) is 0. The van der Waals surface area contributed by atoms with Crippen LogP contribution < -0.4 is 5.32 Å². The molecule has 2 saturated heterocycles. The summed E-state index contributed by atoms with van der Waals surface area (Å²) in [4.78, 5) is 23.2. The largest absolute Gasteiger partial charge is 0.443 e. The molecule has 2 unspecified atom stereocenters. The van der Waals surface area contributed by atoms with Crippen molar-refractivity contribution < 1.29 is 28.5 Å². The summed E-state index contributed by atoms with van der Waals surface area (Å²) in [5.41, 5.74) is -0.712. The van der Waals surface area contributed by atoms with E-state index in [1.807, 2.05) is 0 Å². The molecule has 2 amide bonds. The highest BCUT2D eigenvalue weighted by Gasteiger charge is 2.75. The van der Waals surface area contributed by atoms with Crippen molar-refractivity contribution in [1.82, 2.24) is 5.32 Å². The summed E-state index contributed by atoms with van der Waals surface area (Å²) in [5, 5.41) is 2.10. The maximum absolute atomic E-state index is 11.9.